The third-order valence-corrected chi connectivity index (χ3v) is 1.91. The Hall–Kier alpha value is -0.265. The number of Topliss-reactive ketones (excluding diaryl/α,β-unsaturated/α-hetero) is 1. The van der Waals surface area contributed by atoms with E-state index in [0.29, 0.717) is 12.1 Å². The molecule has 0 rings (SSSR count). The summed E-state index contributed by atoms with van der Waals surface area (Å²) in [7, 11) is 2.13. The first-order valence-electron chi connectivity index (χ1n) is 5.14. The summed E-state index contributed by atoms with van der Waals surface area (Å²) in [6.45, 7) is 4.25. The molecule has 0 aliphatic rings. The average Bonchev–Trinajstić information content (AvgIpc) is 2.05. The number of unbranched alkanes of at least 4 members (excludes halogenated alkanes) is 2. The Labute approximate surface area is 77.2 Å². The Bertz CT molecular complexity index is 112. The van der Waals surface area contributed by atoms with Crippen molar-refractivity contribution in [1.82, 2.24) is 0 Å². The Morgan fingerprint density at radius 3 is 2.50 bits per heavy atom. The van der Waals surface area contributed by atoms with Crippen molar-refractivity contribution in [2.45, 2.75) is 58.6 Å². The first-order chi connectivity index (χ1) is 5.81. The first kappa shape index (κ1) is 11.7. The van der Waals surface area contributed by atoms with Gasteiger partial charge in [0.2, 0.25) is 0 Å². The van der Waals surface area contributed by atoms with E-state index in [4.69, 9.17) is 0 Å². The predicted octanol–water partition coefficient (Wildman–Crippen LogP) is 3.09. The molecule has 0 unspecified atom stereocenters. The number of ketones is 1. The lowest BCUT2D eigenvalue weighted by atomic mass is 9.68. The van der Waals surface area contributed by atoms with Gasteiger partial charge in [-0.2, -0.15) is 0 Å². The zero-order valence-electron chi connectivity index (χ0n) is 8.44. The van der Waals surface area contributed by atoms with E-state index in [1.54, 1.807) is 0 Å². The highest BCUT2D eigenvalue weighted by atomic mass is 16.1. The van der Waals surface area contributed by atoms with E-state index in [0.717, 1.165) is 19.2 Å². The molecule has 69 valence electrons. The zero-order chi connectivity index (χ0) is 9.23. The second-order valence-electron chi connectivity index (χ2n) is 3.28. The van der Waals surface area contributed by atoms with Crippen LogP contribution in [0.15, 0.2) is 0 Å². The minimum Gasteiger partial charge on any atom is -0.301 e. The van der Waals surface area contributed by atoms with Crippen LogP contribution in [0.1, 0.15) is 46.0 Å². The largest absolute Gasteiger partial charge is 0.301 e. The molecule has 0 bridgehead atoms. The maximum absolute atomic E-state index is 11.0. The lowest BCUT2D eigenvalue weighted by Crippen LogP contribution is -2.01. The van der Waals surface area contributed by atoms with E-state index in [2.05, 4.69) is 21.1 Å². The van der Waals surface area contributed by atoms with Crippen LogP contribution in [0.25, 0.3) is 0 Å². The van der Waals surface area contributed by atoms with Crippen molar-refractivity contribution in [3.05, 3.63) is 0 Å². The van der Waals surface area contributed by atoms with Gasteiger partial charge in [-0.15, -0.1) is 0 Å². The highest BCUT2D eigenvalue weighted by molar-refractivity contribution is 6.41. The maximum Gasteiger partial charge on any atom is 0.125 e. The van der Waals surface area contributed by atoms with Crippen LogP contribution in [-0.4, -0.2) is 13.1 Å². The standard InChI is InChI=1S/C10H20BO/c1-3-5-6-8-11-9-10(12)7-4-2/h3-9H2,1-2H3. The number of rotatable bonds is 8. The van der Waals surface area contributed by atoms with Crippen LogP contribution in [0.3, 0.4) is 0 Å². The summed E-state index contributed by atoms with van der Waals surface area (Å²) in [5.41, 5.74) is 0. The first-order valence-corrected chi connectivity index (χ1v) is 5.14. The van der Waals surface area contributed by atoms with Crippen LogP contribution in [0.5, 0.6) is 0 Å². The van der Waals surface area contributed by atoms with Crippen molar-refractivity contribution < 1.29 is 4.79 Å². The maximum atomic E-state index is 11.0. The van der Waals surface area contributed by atoms with Crippen LogP contribution >= 0.6 is 0 Å². The molecule has 0 aliphatic heterocycles. The van der Waals surface area contributed by atoms with Crippen molar-refractivity contribution in [2.24, 2.45) is 0 Å². The van der Waals surface area contributed by atoms with Gasteiger partial charge in [-0.05, 0) is 12.7 Å². The molecule has 2 heteroatoms. The van der Waals surface area contributed by atoms with Gasteiger partial charge in [-0.3, -0.25) is 0 Å². The molecule has 0 atom stereocenters. The number of hydrogen-bond donors (Lipinski definition) is 0. The fourth-order valence-corrected chi connectivity index (χ4v) is 1.18. The number of hydrogen-bond acceptors (Lipinski definition) is 1. The van der Waals surface area contributed by atoms with E-state index in [1.165, 1.54) is 19.3 Å². The highest BCUT2D eigenvalue weighted by Gasteiger charge is 2.00. The lowest BCUT2D eigenvalue weighted by Gasteiger charge is -1.97. The molecule has 0 saturated heterocycles. The molecule has 12 heavy (non-hydrogen) atoms. The van der Waals surface area contributed by atoms with Crippen LogP contribution in [0, 0.1) is 0 Å². The van der Waals surface area contributed by atoms with Gasteiger partial charge < -0.3 is 4.79 Å². The molecule has 0 aromatic heterocycles. The van der Waals surface area contributed by atoms with Crippen molar-refractivity contribution in [3.63, 3.8) is 0 Å². The SMILES string of the molecule is CCCCC[B]CC(=O)CCC. The number of carbonyl (C=O) groups is 1. The molecule has 0 N–H and O–H groups in total. The van der Waals surface area contributed by atoms with E-state index >= 15 is 0 Å². The average molecular weight is 167 g/mol. The smallest absolute Gasteiger partial charge is 0.125 e. The van der Waals surface area contributed by atoms with E-state index in [-0.39, 0.29) is 0 Å². The summed E-state index contributed by atoms with van der Waals surface area (Å²) in [6.07, 6.45) is 7.35. The van der Waals surface area contributed by atoms with Crippen molar-refractivity contribution in [2.75, 3.05) is 0 Å². The molecular weight excluding hydrogens is 147 g/mol. The van der Waals surface area contributed by atoms with Crippen molar-refractivity contribution >= 4 is 13.1 Å². The molecule has 1 nitrogen and oxygen atoms in total. The third-order valence-electron chi connectivity index (χ3n) is 1.91. The van der Waals surface area contributed by atoms with Crippen LogP contribution in [0.4, 0.5) is 0 Å². The summed E-state index contributed by atoms with van der Waals surface area (Å²) in [6, 6.07) is 0. The monoisotopic (exact) mass is 167 g/mol. The Morgan fingerprint density at radius 1 is 1.17 bits per heavy atom. The highest BCUT2D eigenvalue weighted by Crippen LogP contribution is 2.02. The van der Waals surface area contributed by atoms with Gasteiger partial charge in [0, 0.05) is 6.42 Å². The third kappa shape index (κ3) is 7.84. The molecule has 0 aromatic rings. The van der Waals surface area contributed by atoms with Gasteiger partial charge in [0.05, 0.1) is 0 Å². The Balaban J connectivity index is 3.03. The van der Waals surface area contributed by atoms with Crippen molar-refractivity contribution in [3.8, 4) is 0 Å². The van der Waals surface area contributed by atoms with E-state index < -0.39 is 0 Å². The van der Waals surface area contributed by atoms with Crippen LogP contribution < -0.4 is 0 Å². The topological polar surface area (TPSA) is 17.1 Å². The molecule has 1 radical (unpaired) electrons. The molecule has 0 aliphatic carbocycles. The zero-order valence-corrected chi connectivity index (χ0v) is 8.44. The summed E-state index contributed by atoms with van der Waals surface area (Å²) in [4.78, 5) is 11.0. The molecule has 0 heterocycles. The van der Waals surface area contributed by atoms with Gasteiger partial charge >= 0.3 is 0 Å². The second kappa shape index (κ2) is 8.83. The molecule has 0 fully saturated rings. The minimum absolute atomic E-state index is 0.397. The molecule has 0 amide bonds. The summed E-state index contributed by atoms with van der Waals surface area (Å²) in [5.74, 6) is 0.397. The van der Waals surface area contributed by atoms with E-state index in [1.807, 2.05) is 0 Å². The lowest BCUT2D eigenvalue weighted by molar-refractivity contribution is -0.117. The Kier molecular flexibility index (Phi) is 8.63. The van der Waals surface area contributed by atoms with Gasteiger partial charge in [0.25, 0.3) is 0 Å². The fourth-order valence-electron chi connectivity index (χ4n) is 1.18. The van der Waals surface area contributed by atoms with Gasteiger partial charge in [-0.1, -0.05) is 39.4 Å². The van der Waals surface area contributed by atoms with Crippen LogP contribution in [0.2, 0.25) is 12.6 Å². The predicted molar refractivity (Wildman–Crippen MR) is 54.8 cm³/mol. The minimum atomic E-state index is 0.397. The second-order valence-corrected chi connectivity index (χ2v) is 3.28. The fraction of sp³-hybridized carbons (Fsp3) is 0.900. The van der Waals surface area contributed by atoms with Gasteiger partial charge in [0.1, 0.15) is 13.1 Å². The van der Waals surface area contributed by atoms with Gasteiger partial charge in [-0.25, -0.2) is 0 Å². The summed E-state index contributed by atoms with van der Waals surface area (Å²) < 4.78 is 0. The summed E-state index contributed by atoms with van der Waals surface area (Å²) in [5, 5.41) is 0. The van der Waals surface area contributed by atoms with Crippen molar-refractivity contribution in [1.29, 1.82) is 0 Å². The molecule has 0 aromatic carbocycles. The Morgan fingerprint density at radius 2 is 1.92 bits per heavy atom. The van der Waals surface area contributed by atoms with E-state index in [9.17, 15) is 4.79 Å². The van der Waals surface area contributed by atoms with Gasteiger partial charge in [0.15, 0.2) is 0 Å². The quantitative estimate of drug-likeness (QED) is 0.401. The molecule has 0 spiro atoms. The number of carbonyl (C=O) groups excluding carboxylic acids is 1. The molecule has 0 saturated carbocycles. The summed E-state index contributed by atoms with van der Waals surface area (Å²) >= 11 is 0. The molecular formula is C10H20BO. The van der Waals surface area contributed by atoms with Crippen LogP contribution in [-0.2, 0) is 4.79 Å². The normalized spacial score (nSPS) is 9.83.